The Kier molecular flexibility index (Phi) is 3.48. The maximum Gasteiger partial charge on any atom is 0.323 e. The minimum atomic E-state index is -1.03. The van der Waals surface area contributed by atoms with Crippen molar-refractivity contribution in [1.29, 1.82) is 0 Å². The summed E-state index contributed by atoms with van der Waals surface area (Å²) >= 11 is 0. The molecule has 0 aliphatic carbocycles. The number of carboxylic acid groups (broad SMARTS) is 1. The smallest absolute Gasteiger partial charge is 0.323 e. The summed E-state index contributed by atoms with van der Waals surface area (Å²) in [5.41, 5.74) is -0.254. The quantitative estimate of drug-likeness (QED) is 0.858. The third kappa shape index (κ3) is 2.11. The van der Waals surface area contributed by atoms with Crippen molar-refractivity contribution >= 4 is 17.8 Å². The van der Waals surface area contributed by atoms with Gasteiger partial charge in [-0.25, -0.2) is 0 Å². The highest BCUT2D eigenvalue weighted by atomic mass is 16.4. The molecule has 6 nitrogen and oxygen atoms in total. The zero-order valence-corrected chi connectivity index (χ0v) is 12.4. The first kappa shape index (κ1) is 14.7. The molecule has 2 heterocycles. The Bertz CT molecular complexity index is 622. The Morgan fingerprint density at radius 3 is 2.32 bits per heavy atom. The summed E-state index contributed by atoms with van der Waals surface area (Å²) in [7, 11) is 0. The van der Waals surface area contributed by atoms with E-state index in [1.165, 1.54) is 0 Å². The molecule has 1 fully saturated rings. The number of imide groups is 1. The molecule has 1 atom stereocenters. The molecule has 0 aromatic heterocycles. The van der Waals surface area contributed by atoms with Gasteiger partial charge in [-0.1, -0.05) is 12.1 Å². The molecule has 0 bridgehead atoms. The van der Waals surface area contributed by atoms with E-state index in [-0.39, 0.29) is 18.5 Å². The summed E-state index contributed by atoms with van der Waals surface area (Å²) < 4.78 is 0. The lowest BCUT2D eigenvalue weighted by Gasteiger charge is -2.42. The molecule has 0 saturated carbocycles. The van der Waals surface area contributed by atoms with Crippen molar-refractivity contribution in [1.82, 2.24) is 9.80 Å². The number of carbonyl (C=O) groups excluding carboxylic acids is 2. The number of fused-ring (bicyclic) bond motifs is 1. The van der Waals surface area contributed by atoms with Crippen molar-refractivity contribution in [2.45, 2.75) is 31.7 Å². The molecule has 1 N–H and O–H groups in total. The number of benzene rings is 1. The van der Waals surface area contributed by atoms with Crippen LogP contribution in [0.4, 0.5) is 0 Å². The molecule has 1 aromatic carbocycles. The fourth-order valence-electron chi connectivity index (χ4n) is 3.18. The van der Waals surface area contributed by atoms with Crippen LogP contribution in [0.5, 0.6) is 0 Å². The van der Waals surface area contributed by atoms with Crippen LogP contribution in [0.3, 0.4) is 0 Å². The Balaban J connectivity index is 1.86. The lowest BCUT2D eigenvalue weighted by Crippen LogP contribution is -2.58. The van der Waals surface area contributed by atoms with Crippen LogP contribution >= 0.6 is 0 Å². The number of carbonyl (C=O) groups is 3. The molecule has 3 rings (SSSR count). The zero-order chi connectivity index (χ0) is 15.9. The van der Waals surface area contributed by atoms with Crippen LogP contribution in [0.15, 0.2) is 24.3 Å². The molecule has 0 spiro atoms. The van der Waals surface area contributed by atoms with Crippen molar-refractivity contribution < 1.29 is 19.5 Å². The van der Waals surface area contributed by atoms with Crippen molar-refractivity contribution in [3.63, 3.8) is 0 Å². The van der Waals surface area contributed by atoms with Gasteiger partial charge in [0, 0.05) is 6.54 Å². The fraction of sp³-hybridized carbons (Fsp3) is 0.438. The summed E-state index contributed by atoms with van der Waals surface area (Å²) in [4.78, 5) is 39.3. The minimum absolute atomic E-state index is 0.0230. The van der Waals surface area contributed by atoms with Crippen LogP contribution in [0.1, 0.15) is 46.9 Å². The lowest BCUT2D eigenvalue weighted by atomic mass is 9.89. The molecule has 1 saturated heterocycles. The molecule has 2 amide bonds. The van der Waals surface area contributed by atoms with E-state index in [0.717, 1.165) is 17.7 Å². The van der Waals surface area contributed by atoms with Crippen LogP contribution in [0, 0.1) is 0 Å². The Morgan fingerprint density at radius 1 is 1.18 bits per heavy atom. The molecule has 6 heteroatoms. The molecular weight excluding hydrogens is 284 g/mol. The molecule has 22 heavy (non-hydrogen) atoms. The van der Waals surface area contributed by atoms with E-state index in [1.807, 2.05) is 0 Å². The number of hydrogen-bond donors (Lipinski definition) is 1. The van der Waals surface area contributed by atoms with Crippen molar-refractivity contribution in [3.8, 4) is 0 Å². The summed E-state index contributed by atoms with van der Waals surface area (Å²) in [6.07, 6.45) is 2.22. The Labute approximate surface area is 128 Å². The third-order valence-corrected chi connectivity index (χ3v) is 4.69. The first-order chi connectivity index (χ1) is 10.4. The van der Waals surface area contributed by atoms with E-state index in [9.17, 15) is 19.5 Å². The first-order valence-corrected chi connectivity index (χ1v) is 7.39. The SMILES string of the molecule is CC1(C(=O)O)CCCCN1CN1C(=O)c2ccccc2C1=O. The van der Waals surface area contributed by atoms with Crippen LogP contribution in [-0.4, -0.2) is 51.4 Å². The highest BCUT2D eigenvalue weighted by Gasteiger charge is 2.45. The van der Waals surface area contributed by atoms with Gasteiger partial charge in [0.1, 0.15) is 5.54 Å². The van der Waals surface area contributed by atoms with Gasteiger partial charge >= 0.3 is 5.97 Å². The average molecular weight is 302 g/mol. The number of nitrogens with zero attached hydrogens (tertiary/aromatic N) is 2. The number of piperidine rings is 1. The van der Waals surface area contributed by atoms with Gasteiger partial charge in [0.05, 0.1) is 17.8 Å². The predicted octanol–water partition coefficient (Wildman–Crippen LogP) is 1.57. The number of likely N-dealkylation sites (tertiary alicyclic amines) is 1. The predicted molar refractivity (Wildman–Crippen MR) is 78.4 cm³/mol. The number of carboxylic acids is 1. The van der Waals surface area contributed by atoms with E-state index in [2.05, 4.69) is 0 Å². The van der Waals surface area contributed by atoms with Gasteiger partial charge in [-0.3, -0.25) is 24.2 Å². The standard InChI is InChI=1S/C16H18N2O4/c1-16(15(21)22)8-4-5-9-17(16)10-18-13(19)11-6-2-3-7-12(11)14(18)20/h2-3,6-7H,4-5,8-10H2,1H3,(H,21,22). The number of aliphatic carboxylic acids is 1. The van der Waals surface area contributed by atoms with E-state index < -0.39 is 11.5 Å². The molecule has 1 aromatic rings. The van der Waals surface area contributed by atoms with E-state index >= 15 is 0 Å². The molecule has 1 unspecified atom stereocenters. The van der Waals surface area contributed by atoms with Gasteiger partial charge < -0.3 is 5.11 Å². The molecular formula is C16H18N2O4. The highest BCUT2D eigenvalue weighted by molar-refractivity contribution is 6.21. The largest absolute Gasteiger partial charge is 0.480 e. The number of hydrogen-bond acceptors (Lipinski definition) is 4. The highest BCUT2D eigenvalue weighted by Crippen LogP contribution is 2.30. The second kappa shape index (κ2) is 5.21. The average Bonchev–Trinajstić information content (AvgIpc) is 2.75. The van der Waals surface area contributed by atoms with Crippen molar-refractivity contribution in [2.24, 2.45) is 0 Å². The van der Waals surface area contributed by atoms with Crippen molar-refractivity contribution in [3.05, 3.63) is 35.4 Å². The summed E-state index contributed by atoms with van der Waals surface area (Å²) in [6, 6.07) is 6.69. The van der Waals surface area contributed by atoms with Crippen molar-refractivity contribution in [2.75, 3.05) is 13.2 Å². The molecule has 2 aliphatic rings. The van der Waals surface area contributed by atoms with Gasteiger partial charge in [0.25, 0.3) is 11.8 Å². The van der Waals surface area contributed by atoms with Gasteiger partial charge in [-0.15, -0.1) is 0 Å². The normalized spacial score (nSPS) is 25.4. The van der Waals surface area contributed by atoms with E-state index in [1.54, 1.807) is 36.1 Å². The maximum atomic E-state index is 12.4. The Morgan fingerprint density at radius 2 is 1.77 bits per heavy atom. The lowest BCUT2D eigenvalue weighted by molar-refractivity contribution is -0.154. The topological polar surface area (TPSA) is 77.9 Å². The minimum Gasteiger partial charge on any atom is -0.480 e. The first-order valence-electron chi connectivity index (χ1n) is 7.39. The van der Waals surface area contributed by atoms with Crippen LogP contribution < -0.4 is 0 Å². The second-order valence-corrected chi connectivity index (χ2v) is 6.02. The van der Waals surface area contributed by atoms with E-state index in [0.29, 0.717) is 24.1 Å². The summed E-state index contributed by atoms with van der Waals surface area (Å²) in [5, 5.41) is 9.52. The van der Waals surface area contributed by atoms with E-state index in [4.69, 9.17) is 0 Å². The zero-order valence-electron chi connectivity index (χ0n) is 12.4. The van der Waals surface area contributed by atoms with Crippen LogP contribution in [0.25, 0.3) is 0 Å². The fourth-order valence-corrected chi connectivity index (χ4v) is 3.18. The van der Waals surface area contributed by atoms with Gasteiger partial charge in [0.2, 0.25) is 0 Å². The van der Waals surface area contributed by atoms with Gasteiger partial charge in [-0.05, 0) is 38.3 Å². The number of amides is 2. The second-order valence-electron chi connectivity index (χ2n) is 6.02. The maximum absolute atomic E-state index is 12.4. The van der Waals surface area contributed by atoms with Gasteiger partial charge in [0.15, 0.2) is 0 Å². The van der Waals surface area contributed by atoms with Crippen LogP contribution in [0.2, 0.25) is 0 Å². The molecule has 116 valence electrons. The number of rotatable bonds is 3. The van der Waals surface area contributed by atoms with Crippen LogP contribution in [-0.2, 0) is 4.79 Å². The summed E-state index contributed by atoms with van der Waals surface area (Å²) in [6.45, 7) is 2.25. The molecule has 2 aliphatic heterocycles. The Hall–Kier alpha value is -2.21. The monoisotopic (exact) mass is 302 g/mol. The summed E-state index contributed by atoms with van der Waals surface area (Å²) in [5.74, 6) is -1.61. The third-order valence-electron chi connectivity index (χ3n) is 4.69. The molecule has 0 radical (unpaired) electrons. The van der Waals surface area contributed by atoms with Gasteiger partial charge in [-0.2, -0.15) is 0 Å².